The van der Waals surface area contributed by atoms with Crippen LogP contribution in [0.25, 0.3) is 0 Å². The molecule has 2 rings (SSSR count). The van der Waals surface area contributed by atoms with Crippen LogP contribution >= 0.6 is 0 Å². The number of rotatable bonds is 5. The molecule has 3 N–H and O–H groups in total. The lowest BCUT2D eigenvalue weighted by molar-refractivity contribution is 0.0696. The smallest absolute Gasteiger partial charge is 0.335 e. The van der Waals surface area contributed by atoms with Gasteiger partial charge in [0.25, 0.3) is 0 Å². The molecule has 0 bridgehead atoms. The topological polar surface area (TPSA) is 104 Å². The van der Waals surface area contributed by atoms with Crippen LogP contribution < -0.4 is 4.72 Å². The molecule has 2 atom stereocenters. The number of benzene rings is 1. The molecule has 0 aromatic heterocycles. The number of nitrogens with one attached hydrogen (secondary N) is 1. The zero-order chi connectivity index (χ0) is 15.5. The second-order valence-electron chi connectivity index (χ2n) is 5.37. The highest BCUT2D eigenvalue weighted by Gasteiger charge is 2.22. The summed E-state index contributed by atoms with van der Waals surface area (Å²) in [6, 6.07) is 5.09. The summed E-state index contributed by atoms with van der Waals surface area (Å²) in [7, 11) is -3.64. The van der Waals surface area contributed by atoms with E-state index in [9.17, 15) is 18.3 Å². The van der Waals surface area contributed by atoms with E-state index in [1.165, 1.54) is 24.3 Å². The summed E-state index contributed by atoms with van der Waals surface area (Å²) < 4.78 is 26.8. The molecule has 0 amide bonds. The van der Waals surface area contributed by atoms with Gasteiger partial charge in [0.2, 0.25) is 10.0 Å². The second kappa shape index (κ2) is 6.55. The van der Waals surface area contributed by atoms with Crippen LogP contribution in [0.4, 0.5) is 0 Å². The molecule has 6 nitrogen and oxygen atoms in total. The summed E-state index contributed by atoms with van der Waals surface area (Å²) in [5.41, 5.74) is 0.0457. The molecule has 1 aliphatic rings. The van der Waals surface area contributed by atoms with Gasteiger partial charge in [0.05, 0.1) is 16.6 Å². The van der Waals surface area contributed by atoms with Gasteiger partial charge in [0.15, 0.2) is 0 Å². The monoisotopic (exact) mass is 313 g/mol. The summed E-state index contributed by atoms with van der Waals surface area (Å²) in [5.74, 6) is -0.954. The minimum Gasteiger partial charge on any atom is -0.478 e. The molecular weight excluding hydrogens is 294 g/mol. The van der Waals surface area contributed by atoms with Gasteiger partial charge in [-0.1, -0.05) is 6.42 Å². The summed E-state index contributed by atoms with van der Waals surface area (Å²) in [4.78, 5) is 10.8. The zero-order valence-corrected chi connectivity index (χ0v) is 12.3. The minimum atomic E-state index is -3.64. The standard InChI is InChI=1S/C14H19NO5S/c16-12-3-1-2-10(8-12)9-15-21(19,20)13-6-4-11(5-7-13)14(17)18/h4-7,10,12,15-16H,1-3,8-9H2,(H,17,18). The van der Waals surface area contributed by atoms with Gasteiger partial charge in [-0.2, -0.15) is 0 Å². The normalized spacial score (nSPS) is 22.9. The third-order valence-corrected chi connectivity index (χ3v) is 5.17. The van der Waals surface area contributed by atoms with Gasteiger partial charge >= 0.3 is 5.97 Å². The molecule has 116 valence electrons. The van der Waals surface area contributed by atoms with E-state index in [1.807, 2.05) is 0 Å². The number of hydrogen-bond acceptors (Lipinski definition) is 4. The molecule has 0 aliphatic heterocycles. The number of aromatic carboxylic acids is 1. The highest BCUT2D eigenvalue weighted by atomic mass is 32.2. The van der Waals surface area contributed by atoms with Crippen molar-refractivity contribution in [3.8, 4) is 0 Å². The number of aliphatic hydroxyl groups is 1. The Morgan fingerprint density at radius 3 is 2.48 bits per heavy atom. The van der Waals surface area contributed by atoms with Crippen molar-refractivity contribution in [2.45, 2.75) is 36.7 Å². The Hall–Kier alpha value is -1.44. The SMILES string of the molecule is O=C(O)c1ccc(S(=O)(=O)NCC2CCCC(O)C2)cc1. The van der Waals surface area contributed by atoms with Crippen LogP contribution in [0.5, 0.6) is 0 Å². The van der Waals surface area contributed by atoms with E-state index in [1.54, 1.807) is 0 Å². The second-order valence-corrected chi connectivity index (χ2v) is 7.13. The first kappa shape index (κ1) is 15.9. The Morgan fingerprint density at radius 1 is 1.24 bits per heavy atom. The third kappa shape index (κ3) is 4.26. The Labute approximate surface area is 123 Å². The fourth-order valence-corrected chi connectivity index (χ4v) is 3.65. The van der Waals surface area contributed by atoms with Crippen molar-refractivity contribution in [1.29, 1.82) is 0 Å². The Morgan fingerprint density at radius 2 is 1.90 bits per heavy atom. The van der Waals surface area contributed by atoms with Gasteiger partial charge in [-0.05, 0) is 49.4 Å². The van der Waals surface area contributed by atoms with Gasteiger partial charge in [-0.15, -0.1) is 0 Å². The van der Waals surface area contributed by atoms with Crippen LogP contribution in [0.2, 0.25) is 0 Å². The Kier molecular flexibility index (Phi) is 4.97. The first-order chi connectivity index (χ1) is 9.88. The predicted octanol–water partition coefficient (Wildman–Crippen LogP) is 1.21. The maximum atomic E-state index is 12.1. The van der Waals surface area contributed by atoms with Crippen LogP contribution in [-0.2, 0) is 10.0 Å². The van der Waals surface area contributed by atoms with Gasteiger partial charge < -0.3 is 10.2 Å². The van der Waals surface area contributed by atoms with Gasteiger partial charge in [-0.25, -0.2) is 17.9 Å². The van der Waals surface area contributed by atoms with Crippen molar-refractivity contribution in [2.24, 2.45) is 5.92 Å². The van der Waals surface area contributed by atoms with E-state index >= 15 is 0 Å². The number of aliphatic hydroxyl groups excluding tert-OH is 1. The predicted molar refractivity (Wildman–Crippen MR) is 76.6 cm³/mol. The molecule has 1 aromatic rings. The first-order valence-electron chi connectivity index (χ1n) is 6.89. The number of carboxylic acid groups (broad SMARTS) is 1. The molecule has 1 fully saturated rings. The minimum absolute atomic E-state index is 0.0452. The summed E-state index contributed by atoms with van der Waals surface area (Å²) in [6.07, 6.45) is 2.85. The van der Waals surface area contributed by atoms with Crippen molar-refractivity contribution in [2.75, 3.05) is 6.54 Å². The average Bonchev–Trinajstić information content (AvgIpc) is 2.45. The van der Waals surface area contributed by atoms with Crippen LogP contribution in [0.15, 0.2) is 29.2 Å². The van der Waals surface area contributed by atoms with Crippen molar-refractivity contribution >= 4 is 16.0 Å². The van der Waals surface area contributed by atoms with Crippen LogP contribution in [0.1, 0.15) is 36.0 Å². The lowest BCUT2D eigenvalue weighted by Crippen LogP contribution is -2.33. The summed E-state index contributed by atoms with van der Waals surface area (Å²) in [6.45, 7) is 0.292. The Balaban J connectivity index is 1.99. The first-order valence-corrected chi connectivity index (χ1v) is 8.38. The molecule has 21 heavy (non-hydrogen) atoms. The highest BCUT2D eigenvalue weighted by molar-refractivity contribution is 7.89. The van der Waals surface area contributed by atoms with Gasteiger partial charge in [-0.3, -0.25) is 0 Å². The van der Waals surface area contributed by atoms with E-state index in [0.717, 1.165) is 19.3 Å². The van der Waals surface area contributed by atoms with Crippen molar-refractivity contribution in [1.82, 2.24) is 4.72 Å². The van der Waals surface area contributed by atoms with E-state index in [2.05, 4.69) is 4.72 Å². The van der Waals surface area contributed by atoms with Gasteiger partial charge in [0.1, 0.15) is 0 Å². The van der Waals surface area contributed by atoms with Gasteiger partial charge in [0, 0.05) is 6.54 Å². The van der Waals surface area contributed by atoms with Crippen molar-refractivity contribution in [3.05, 3.63) is 29.8 Å². The molecule has 1 saturated carbocycles. The molecule has 1 aliphatic carbocycles. The highest BCUT2D eigenvalue weighted by Crippen LogP contribution is 2.24. The maximum absolute atomic E-state index is 12.1. The number of sulfonamides is 1. The largest absolute Gasteiger partial charge is 0.478 e. The molecule has 0 spiro atoms. The van der Waals surface area contributed by atoms with Crippen LogP contribution in [-0.4, -0.2) is 37.2 Å². The fraction of sp³-hybridized carbons (Fsp3) is 0.500. The molecule has 2 unspecified atom stereocenters. The van der Waals surface area contributed by atoms with E-state index in [-0.39, 0.29) is 22.5 Å². The van der Waals surface area contributed by atoms with Crippen molar-refractivity contribution in [3.63, 3.8) is 0 Å². The quantitative estimate of drug-likeness (QED) is 0.758. The molecule has 7 heteroatoms. The van der Waals surface area contributed by atoms with Crippen molar-refractivity contribution < 1.29 is 23.4 Å². The number of carbonyl (C=O) groups is 1. The summed E-state index contributed by atoms with van der Waals surface area (Å²) in [5, 5.41) is 18.4. The van der Waals surface area contributed by atoms with Crippen LogP contribution in [0, 0.1) is 5.92 Å². The molecule has 0 heterocycles. The molecule has 1 aromatic carbocycles. The molecule has 0 radical (unpaired) electrons. The molecule has 0 saturated heterocycles. The maximum Gasteiger partial charge on any atom is 0.335 e. The van der Waals surface area contributed by atoms with E-state index in [0.29, 0.717) is 13.0 Å². The summed E-state index contributed by atoms with van der Waals surface area (Å²) >= 11 is 0. The van der Waals surface area contributed by atoms with E-state index < -0.39 is 16.0 Å². The van der Waals surface area contributed by atoms with E-state index in [4.69, 9.17) is 5.11 Å². The number of hydrogen-bond donors (Lipinski definition) is 3. The lowest BCUT2D eigenvalue weighted by Gasteiger charge is -2.25. The zero-order valence-electron chi connectivity index (χ0n) is 11.5. The lowest BCUT2D eigenvalue weighted by atomic mass is 9.87. The molecular formula is C14H19NO5S. The fourth-order valence-electron chi connectivity index (χ4n) is 2.54. The average molecular weight is 313 g/mol. The Bertz CT molecular complexity index is 596. The third-order valence-electron chi connectivity index (χ3n) is 3.73. The van der Waals surface area contributed by atoms with Crippen LogP contribution in [0.3, 0.4) is 0 Å². The number of carboxylic acids is 1.